The zero-order chi connectivity index (χ0) is 27.6. The molecule has 9 aromatic rings. The molecule has 0 unspecified atom stereocenters. The van der Waals surface area contributed by atoms with Crippen LogP contribution in [0.25, 0.3) is 86.9 Å². The minimum Gasteiger partial charge on any atom is -0.0616 e. The summed E-state index contributed by atoms with van der Waals surface area (Å²) in [7, 11) is 0. The van der Waals surface area contributed by atoms with Crippen molar-refractivity contribution in [1.82, 2.24) is 0 Å². The second-order valence-corrected chi connectivity index (χ2v) is 11.3. The Morgan fingerprint density at radius 2 is 0.690 bits per heavy atom. The molecule has 0 saturated carbocycles. The molecule has 0 radical (unpaired) electrons. The van der Waals surface area contributed by atoms with E-state index in [0.717, 1.165) is 0 Å². The van der Waals surface area contributed by atoms with Gasteiger partial charge in [0.2, 0.25) is 0 Å². The Bertz CT molecular complexity index is 2460. The van der Waals surface area contributed by atoms with Gasteiger partial charge in [-0.1, -0.05) is 133 Å². The molecule has 0 nitrogen and oxygen atoms in total. The van der Waals surface area contributed by atoms with Gasteiger partial charge in [0.15, 0.2) is 0 Å². The van der Waals surface area contributed by atoms with E-state index in [-0.39, 0.29) is 0 Å². The van der Waals surface area contributed by atoms with E-state index in [4.69, 9.17) is 0 Å². The molecule has 0 aliphatic rings. The molecule has 9 aromatic carbocycles. The predicted molar refractivity (Wildman–Crippen MR) is 182 cm³/mol. The molecule has 0 saturated heterocycles. The number of hydrogen-bond donors (Lipinski definition) is 0. The first-order valence-corrected chi connectivity index (χ1v) is 14.6. The smallest absolute Gasteiger partial charge is 0.00199 e. The van der Waals surface area contributed by atoms with Crippen LogP contribution in [0.1, 0.15) is 0 Å². The van der Waals surface area contributed by atoms with Gasteiger partial charge < -0.3 is 0 Å². The second kappa shape index (κ2) is 9.03. The van der Waals surface area contributed by atoms with Crippen LogP contribution in [0, 0.1) is 0 Å². The number of benzene rings is 9. The van der Waals surface area contributed by atoms with Crippen LogP contribution in [0.4, 0.5) is 0 Å². The van der Waals surface area contributed by atoms with Crippen molar-refractivity contribution in [2.24, 2.45) is 0 Å². The van der Waals surface area contributed by atoms with Gasteiger partial charge in [0.25, 0.3) is 0 Å². The Morgan fingerprint density at radius 3 is 1.31 bits per heavy atom. The third kappa shape index (κ3) is 3.42. The van der Waals surface area contributed by atoms with E-state index in [1.165, 1.54) is 86.9 Å². The van der Waals surface area contributed by atoms with E-state index in [9.17, 15) is 0 Å². The third-order valence-corrected chi connectivity index (χ3v) is 8.97. The summed E-state index contributed by atoms with van der Waals surface area (Å²) in [6.45, 7) is 0. The molecule has 0 atom stereocenters. The summed E-state index contributed by atoms with van der Waals surface area (Å²) in [6, 6.07) is 58.2. The van der Waals surface area contributed by atoms with E-state index in [1.54, 1.807) is 0 Å². The Kier molecular flexibility index (Phi) is 5.00. The number of fused-ring (bicyclic) bond motifs is 7. The van der Waals surface area contributed by atoms with Gasteiger partial charge in [-0.15, -0.1) is 0 Å². The van der Waals surface area contributed by atoms with Gasteiger partial charge in [-0.25, -0.2) is 0 Å². The van der Waals surface area contributed by atoms with E-state index >= 15 is 0 Å². The van der Waals surface area contributed by atoms with Crippen molar-refractivity contribution in [1.29, 1.82) is 0 Å². The van der Waals surface area contributed by atoms with Gasteiger partial charge in [0, 0.05) is 0 Å². The van der Waals surface area contributed by atoms with Crippen LogP contribution in [0.2, 0.25) is 0 Å². The Balaban J connectivity index is 1.47. The minimum atomic E-state index is 1.25. The fraction of sp³-hybridized carbons (Fsp3) is 0. The molecule has 0 heteroatoms. The van der Waals surface area contributed by atoms with Crippen molar-refractivity contribution in [3.05, 3.63) is 158 Å². The monoisotopic (exact) mass is 530 g/mol. The minimum absolute atomic E-state index is 1.25. The van der Waals surface area contributed by atoms with Gasteiger partial charge in [-0.3, -0.25) is 0 Å². The van der Waals surface area contributed by atoms with Crippen LogP contribution in [0.5, 0.6) is 0 Å². The van der Waals surface area contributed by atoms with Crippen molar-refractivity contribution in [2.75, 3.05) is 0 Å². The zero-order valence-corrected chi connectivity index (χ0v) is 23.0. The topological polar surface area (TPSA) is 0 Å². The van der Waals surface area contributed by atoms with Crippen LogP contribution in [0.3, 0.4) is 0 Å². The molecule has 42 heavy (non-hydrogen) atoms. The highest BCUT2D eigenvalue weighted by atomic mass is 14.2. The van der Waals surface area contributed by atoms with Crippen LogP contribution in [-0.2, 0) is 0 Å². The highest BCUT2D eigenvalue weighted by Crippen LogP contribution is 2.47. The Labute approximate surface area is 244 Å². The molecule has 0 heterocycles. The maximum Gasteiger partial charge on any atom is -0.00199 e. The summed E-state index contributed by atoms with van der Waals surface area (Å²) in [4.78, 5) is 0. The van der Waals surface area contributed by atoms with Crippen molar-refractivity contribution in [3.8, 4) is 22.3 Å². The van der Waals surface area contributed by atoms with Crippen LogP contribution >= 0.6 is 0 Å². The Hall–Kier alpha value is -5.46. The normalized spacial score (nSPS) is 11.8. The lowest BCUT2D eigenvalue weighted by Gasteiger charge is -2.20. The largest absolute Gasteiger partial charge is 0.0616 e. The molecule has 0 fully saturated rings. The van der Waals surface area contributed by atoms with Gasteiger partial charge in [-0.05, 0) is 111 Å². The zero-order valence-electron chi connectivity index (χ0n) is 23.0. The van der Waals surface area contributed by atoms with Gasteiger partial charge >= 0.3 is 0 Å². The molecule has 0 aliphatic heterocycles. The first-order valence-electron chi connectivity index (χ1n) is 14.6. The molecular weight excluding hydrogens is 504 g/mol. The molecule has 0 aromatic heterocycles. The average molecular weight is 531 g/mol. The summed E-state index contributed by atoms with van der Waals surface area (Å²) in [5.74, 6) is 0. The van der Waals surface area contributed by atoms with E-state index < -0.39 is 0 Å². The van der Waals surface area contributed by atoms with Crippen LogP contribution in [0.15, 0.2) is 158 Å². The van der Waals surface area contributed by atoms with E-state index in [2.05, 4.69) is 158 Å². The van der Waals surface area contributed by atoms with Crippen molar-refractivity contribution >= 4 is 64.6 Å². The predicted octanol–water partition coefficient (Wildman–Crippen LogP) is 11.9. The summed E-state index contributed by atoms with van der Waals surface area (Å²) < 4.78 is 0. The quantitative estimate of drug-likeness (QED) is 0.154. The fourth-order valence-corrected chi connectivity index (χ4v) is 7.07. The lowest BCUT2D eigenvalue weighted by molar-refractivity contribution is 1.69. The maximum atomic E-state index is 2.41. The first kappa shape index (κ1) is 23.3. The third-order valence-electron chi connectivity index (χ3n) is 8.97. The number of rotatable bonds is 2. The van der Waals surface area contributed by atoms with Crippen LogP contribution in [-0.4, -0.2) is 0 Å². The lowest BCUT2D eigenvalue weighted by Crippen LogP contribution is -1.92. The summed E-state index contributed by atoms with van der Waals surface area (Å²) in [5.41, 5.74) is 5.14. The lowest BCUT2D eigenvalue weighted by atomic mass is 9.83. The molecule has 0 amide bonds. The highest BCUT2D eigenvalue weighted by Gasteiger charge is 2.19. The van der Waals surface area contributed by atoms with Crippen molar-refractivity contribution in [3.63, 3.8) is 0 Å². The maximum absolute atomic E-state index is 2.41. The second-order valence-electron chi connectivity index (χ2n) is 11.3. The van der Waals surface area contributed by atoms with Crippen molar-refractivity contribution in [2.45, 2.75) is 0 Å². The molecule has 0 bridgehead atoms. The van der Waals surface area contributed by atoms with Gasteiger partial charge in [0.1, 0.15) is 0 Å². The van der Waals surface area contributed by atoms with Gasteiger partial charge in [-0.2, -0.15) is 0 Å². The highest BCUT2D eigenvalue weighted by molar-refractivity contribution is 6.26. The molecule has 0 spiro atoms. The van der Waals surface area contributed by atoms with Crippen molar-refractivity contribution < 1.29 is 0 Å². The Morgan fingerprint density at radius 1 is 0.238 bits per heavy atom. The van der Waals surface area contributed by atoms with Gasteiger partial charge in [0.05, 0.1) is 0 Å². The summed E-state index contributed by atoms with van der Waals surface area (Å²) in [6.07, 6.45) is 0. The molecule has 9 rings (SSSR count). The molecular formula is C42H26. The SMILES string of the molecule is c1ccc2cc(-c3c4ccccc4c(-c4cc5ccccc5c5cc6ccccc6cc45)c4ccccc34)ccc2c1. The fourth-order valence-electron chi connectivity index (χ4n) is 7.07. The molecule has 0 aliphatic carbocycles. The summed E-state index contributed by atoms with van der Waals surface area (Å²) in [5, 5.41) is 15.3. The number of hydrogen-bond acceptors (Lipinski definition) is 0. The van der Waals surface area contributed by atoms with E-state index in [0.29, 0.717) is 0 Å². The first-order chi connectivity index (χ1) is 20.8. The molecule has 0 N–H and O–H groups in total. The summed E-state index contributed by atoms with van der Waals surface area (Å²) >= 11 is 0. The van der Waals surface area contributed by atoms with Crippen LogP contribution < -0.4 is 0 Å². The van der Waals surface area contributed by atoms with E-state index in [1.807, 2.05) is 0 Å². The standard InChI is InChI=1S/C42H26/c1-2-12-28-23-32(22-21-27(28)11-1)41-34-17-7-9-19-36(34)42(37-20-10-8-18-35(37)41)40-26-31-15-5-6-16-33(31)38-24-29-13-3-4-14-30(29)25-39(38)40/h1-26H. The molecule has 194 valence electrons. The average Bonchev–Trinajstić information content (AvgIpc) is 3.06.